The normalized spacial score (nSPS) is 11.4. The molecule has 1 aromatic carbocycles. The summed E-state index contributed by atoms with van der Waals surface area (Å²) in [5, 5.41) is 3.51. The second-order valence-electron chi connectivity index (χ2n) is 6.09. The van der Waals surface area contributed by atoms with Crippen molar-refractivity contribution < 1.29 is 4.74 Å². The van der Waals surface area contributed by atoms with Crippen LogP contribution in [0.3, 0.4) is 0 Å². The van der Waals surface area contributed by atoms with Crippen molar-refractivity contribution in [3.8, 4) is 5.75 Å². The van der Waals surface area contributed by atoms with Gasteiger partial charge in [-0.15, -0.1) is 6.58 Å². The summed E-state index contributed by atoms with van der Waals surface area (Å²) < 4.78 is 5.82. The van der Waals surface area contributed by atoms with Gasteiger partial charge in [0.1, 0.15) is 5.75 Å². The van der Waals surface area contributed by atoms with Gasteiger partial charge in [0.25, 0.3) is 0 Å². The van der Waals surface area contributed by atoms with Gasteiger partial charge >= 0.3 is 0 Å². The van der Waals surface area contributed by atoms with Gasteiger partial charge in [-0.25, -0.2) is 0 Å². The van der Waals surface area contributed by atoms with Crippen LogP contribution < -0.4 is 10.1 Å². The fourth-order valence-corrected chi connectivity index (χ4v) is 1.98. The van der Waals surface area contributed by atoms with Gasteiger partial charge in [0.2, 0.25) is 0 Å². The summed E-state index contributed by atoms with van der Waals surface area (Å²) >= 11 is 0. The summed E-state index contributed by atoms with van der Waals surface area (Å²) in [5.74, 6) is 1.02. The van der Waals surface area contributed by atoms with Gasteiger partial charge in [0.15, 0.2) is 0 Å². The minimum atomic E-state index is 0.140. The lowest BCUT2D eigenvalue weighted by molar-refractivity contribution is 0.320. The molecule has 2 nitrogen and oxygen atoms in total. The Morgan fingerprint density at radius 2 is 1.79 bits per heavy atom. The summed E-state index contributed by atoms with van der Waals surface area (Å²) in [6.45, 7) is 16.1. The molecule has 0 spiro atoms. The molecule has 1 rings (SSSR count). The van der Waals surface area contributed by atoms with E-state index >= 15 is 0 Å². The van der Waals surface area contributed by atoms with Gasteiger partial charge in [-0.05, 0) is 57.7 Å². The Kier molecular flexibility index (Phi) is 5.61. The van der Waals surface area contributed by atoms with E-state index in [1.54, 1.807) is 0 Å². The Labute approximate surface area is 117 Å². The molecular weight excluding hydrogens is 234 g/mol. The van der Waals surface area contributed by atoms with Crippen molar-refractivity contribution in [2.45, 2.75) is 53.1 Å². The van der Waals surface area contributed by atoms with Gasteiger partial charge in [0.05, 0.1) is 6.61 Å². The molecule has 0 amide bonds. The molecule has 106 valence electrons. The molecule has 19 heavy (non-hydrogen) atoms. The smallest absolute Gasteiger partial charge is 0.125 e. The molecule has 0 heterocycles. The first-order chi connectivity index (χ1) is 8.83. The van der Waals surface area contributed by atoms with Crippen LogP contribution in [0, 0.1) is 13.8 Å². The van der Waals surface area contributed by atoms with Crippen molar-refractivity contribution in [1.82, 2.24) is 5.32 Å². The van der Waals surface area contributed by atoms with Crippen LogP contribution in [-0.4, -0.2) is 12.1 Å². The molecule has 0 saturated carbocycles. The number of benzene rings is 1. The van der Waals surface area contributed by atoms with E-state index in [4.69, 9.17) is 4.74 Å². The lowest BCUT2D eigenvalue weighted by Crippen LogP contribution is -2.35. The maximum absolute atomic E-state index is 5.82. The van der Waals surface area contributed by atoms with E-state index in [9.17, 15) is 0 Å². The third-order valence-electron chi connectivity index (χ3n) is 2.91. The maximum atomic E-state index is 5.82. The minimum Gasteiger partial charge on any atom is -0.493 e. The van der Waals surface area contributed by atoms with E-state index in [0.29, 0.717) is 6.61 Å². The van der Waals surface area contributed by atoms with Crippen molar-refractivity contribution in [3.05, 3.63) is 41.5 Å². The Bertz CT molecular complexity index is 406. The number of nitrogens with one attached hydrogen (secondary N) is 1. The molecule has 0 aliphatic carbocycles. The van der Waals surface area contributed by atoms with E-state index in [0.717, 1.165) is 18.7 Å². The zero-order valence-corrected chi connectivity index (χ0v) is 13.0. The predicted molar refractivity (Wildman–Crippen MR) is 82.8 cm³/mol. The zero-order valence-electron chi connectivity index (χ0n) is 13.0. The first-order valence-electron chi connectivity index (χ1n) is 6.92. The van der Waals surface area contributed by atoms with Gasteiger partial charge < -0.3 is 10.1 Å². The average Bonchev–Trinajstić information content (AvgIpc) is 2.29. The summed E-state index contributed by atoms with van der Waals surface area (Å²) in [5.41, 5.74) is 3.85. The Hall–Kier alpha value is -1.28. The predicted octanol–water partition coefficient (Wildman–Crippen LogP) is 4.15. The Balaban J connectivity index is 2.75. The molecule has 0 aliphatic heterocycles. The highest BCUT2D eigenvalue weighted by atomic mass is 16.5. The second kappa shape index (κ2) is 6.76. The summed E-state index contributed by atoms with van der Waals surface area (Å²) in [7, 11) is 0. The Morgan fingerprint density at radius 1 is 1.21 bits per heavy atom. The minimum absolute atomic E-state index is 0.140. The van der Waals surface area contributed by atoms with E-state index in [1.165, 1.54) is 16.7 Å². The van der Waals surface area contributed by atoms with Crippen LogP contribution in [0.4, 0.5) is 0 Å². The summed E-state index contributed by atoms with van der Waals surface area (Å²) in [6.07, 6.45) is 2.76. The lowest BCUT2D eigenvalue weighted by Gasteiger charge is -2.21. The van der Waals surface area contributed by atoms with Gasteiger partial charge in [-0.2, -0.15) is 0 Å². The van der Waals surface area contributed by atoms with E-state index in [-0.39, 0.29) is 5.54 Å². The molecule has 2 heteroatoms. The molecule has 1 aromatic rings. The van der Waals surface area contributed by atoms with Crippen LogP contribution in [0.1, 0.15) is 43.9 Å². The molecule has 0 radical (unpaired) electrons. The van der Waals surface area contributed by atoms with E-state index < -0.39 is 0 Å². The fraction of sp³-hybridized carbons (Fsp3) is 0.529. The quantitative estimate of drug-likeness (QED) is 0.613. The van der Waals surface area contributed by atoms with Gasteiger partial charge in [-0.3, -0.25) is 0 Å². The third-order valence-corrected chi connectivity index (χ3v) is 2.91. The molecule has 0 unspecified atom stereocenters. The molecule has 0 aromatic heterocycles. The number of aryl methyl sites for hydroxylation is 2. The van der Waals surface area contributed by atoms with Crippen LogP contribution in [-0.2, 0) is 6.54 Å². The lowest BCUT2D eigenvalue weighted by atomic mass is 10.0. The molecule has 1 N–H and O–H groups in total. The molecular formula is C17H27NO. The standard InChI is InChI=1S/C17H27NO/c1-7-8-9-19-16-13(2)10-15(11-14(16)3)12-18-17(4,5)6/h7,10-11,18H,1,8-9,12H2,2-6H3. The number of hydrogen-bond acceptors (Lipinski definition) is 2. The summed E-state index contributed by atoms with van der Waals surface area (Å²) in [6, 6.07) is 4.41. The van der Waals surface area contributed by atoms with Crippen molar-refractivity contribution in [2.24, 2.45) is 0 Å². The maximum Gasteiger partial charge on any atom is 0.125 e. The second-order valence-corrected chi connectivity index (χ2v) is 6.09. The van der Waals surface area contributed by atoms with Crippen molar-refractivity contribution in [2.75, 3.05) is 6.61 Å². The average molecular weight is 261 g/mol. The highest BCUT2D eigenvalue weighted by molar-refractivity contribution is 5.43. The van der Waals surface area contributed by atoms with E-state index in [1.807, 2.05) is 6.08 Å². The molecule has 0 aliphatic rings. The number of rotatable bonds is 6. The Morgan fingerprint density at radius 3 is 2.26 bits per heavy atom. The van der Waals surface area contributed by atoms with Crippen LogP contribution in [0.2, 0.25) is 0 Å². The molecule has 0 atom stereocenters. The van der Waals surface area contributed by atoms with Crippen LogP contribution in [0.5, 0.6) is 5.75 Å². The fourth-order valence-electron chi connectivity index (χ4n) is 1.98. The third kappa shape index (κ3) is 5.48. The van der Waals surface area contributed by atoms with Gasteiger partial charge in [-0.1, -0.05) is 18.2 Å². The molecule has 0 saturated heterocycles. The number of ether oxygens (including phenoxy) is 1. The van der Waals surface area contributed by atoms with E-state index in [2.05, 4.69) is 58.6 Å². The SMILES string of the molecule is C=CCCOc1c(C)cc(CNC(C)(C)C)cc1C. The first kappa shape index (κ1) is 15.8. The molecule has 0 bridgehead atoms. The number of hydrogen-bond donors (Lipinski definition) is 1. The highest BCUT2D eigenvalue weighted by Crippen LogP contribution is 2.25. The van der Waals surface area contributed by atoms with Crippen LogP contribution in [0.15, 0.2) is 24.8 Å². The largest absolute Gasteiger partial charge is 0.493 e. The van der Waals surface area contributed by atoms with Crippen molar-refractivity contribution in [3.63, 3.8) is 0 Å². The van der Waals surface area contributed by atoms with Crippen molar-refractivity contribution >= 4 is 0 Å². The topological polar surface area (TPSA) is 21.3 Å². The molecule has 0 fully saturated rings. The first-order valence-corrected chi connectivity index (χ1v) is 6.92. The monoisotopic (exact) mass is 261 g/mol. The van der Waals surface area contributed by atoms with Crippen molar-refractivity contribution in [1.29, 1.82) is 0 Å². The summed E-state index contributed by atoms with van der Waals surface area (Å²) in [4.78, 5) is 0. The van der Waals surface area contributed by atoms with Gasteiger partial charge in [0, 0.05) is 12.1 Å². The highest BCUT2D eigenvalue weighted by Gasteiger charge is 2.10. The van der Waals surface area contributed by atoms with Crippen LogP contribution in [0.25, 0.3) is 0 Å². The van der Waals surface area contributed by atoms with Crippen LogP contribution >= 0.6 is 0 Å². The zero-order chi connectivity index (χ0) is 14.5.